The number of thioether (sulfide) groups is 1. The van der Waals surface area contributed by atoms with Gasteiger partial charge in [0, 0.05) is 17.5 Å². The summed E-state index contributed by atoms with van der Waals surface area (Å²) >= 11 is 1.93. The van der Waals surface area contributed by atoms with Crippen LogP contribution in [0.5, 0.6) is 0 Å². The van der Waals surface area contributed by atoms with E-state index in [1.807, 2.05) is 18.7 Å². The number of rotatable bonds is 2. The predicted molar refractivity (Wildman–Crippen MR) is 61.8 cm³/mol. The standard InChI is InChI=1S/C11H16N2OS/c1-7-9(8(2)14)6-12-11(13-7)10-4-3-5-15-10/h6,8,10,14H,3-5H2,1-2H3/t8-,10?/m0/s1. The van der Waals surface area contributed by atoms with E-state index in [1.54, 1.807) is 13.1 Å². The molecule has 1 unspecified atom stereocenters. The Labute approximate surface area is 94.3 Å². The van der Waals surface area contributed by atoms with E-state index in [-0.39, 0.29) is 0 Å². The molecule has 1 saturated heterocycles. The van der Waals surface area contributed by atoms with Crippen molar-refractivity contribution in [3.05, 3.63) is 23.3 Å². The number of aromatic nitrogens is 2. The normalized spacial score (nSPS) is 23.0. The molecule has 2 atom stereocenters. The molecule has 0 spiro atoms. The highest BCUT2D eigenvalue weighted by Gasteiger charge is 2.21. The molecule has 15 heavy (non-hydrogen) atoms. The van der Waals surface area contributed by atoms with Crippen molar-refractivity contribution in [2.45, 2.75) is 38.0 Å². The topological polar surface area (TPSA) is 46.0 Å². The molecule has 0 aliphatic carbocycles. The molecule has 82 valence electrons. The Morgan fingerprint density at radius 2 is 2.40 bits per heavy atom. The molecule has 0 bridgehead atoms. The number of hydrogen-bond donors (Lipinski definition) is 1. The van der Waals surface area contributed by atoms with Crippen molar-refractivity contribution in [1.29, 1.82) is 0 Å². The van der Waals surface area contributed by atoms with Gasteiger partial charge in [-0.25, -0.2) is 9.97 Å². The van der Waals surface area contributed by atoms with Crippen molar-refractivity contribution in [3.8, 4) is 0 Å². The molecule has 1 N–H and O–H groups in total. The highest BCUT2D eigenvalue weighted by atomic mass is 32.2. The molecule has 3 nitrogen and oxygen atoms in total. The quantitative estimate of drug-likeness (QED) is 0.838. The summed E-state index contributed by atoms with van der Waals surface area (Å²) in [7, 11) is 0. The van der Waals surface area contributed by atoms with Crippen LogP contribution in [0.25, 0.3) is 0 Å². The van der Waals surface area contributed by atoms with Crippen LogP contribution in [0.1, 0.15) is 48.2 Å². The fourth-order valence-electron chi connectivity index (χ4n) is 1.84. The second-order valence-electron chi connectivity index (χ2n) is 3.95. The van der Waals surface area contributed by atoms with Crippen LogP contribution in [0.2, 0.25) is 0 Å². The summed E-state index contributed by atoms with van der Waals surface area (Å²) in [6.45, 7) is 3.68. The second-order valence-corrected chi connectivity index (χ2v) is 5.26. The van der Waals surface area contributed by atoms with E-state index >= 15 is 0 Å². The van der Waals surface area contributed by atoms with Gasteiger partial charge < -0.3 is 5.11 Å². The number of nitrogens with zero attached hydrogens (tertiary/aromatic N) is 2. The highest BCUT2D eigenvalue weighted by Crippen LogP contribution is 2.38. The molecule has 1 fully saturated rings. The highest BCUT2D eigenvalue weighted by molar-refractivity contribution is 7.99. The van der Waals surface area contributed by atoms with Crippen molar-refractivity contribution < 1.29 is 5.11 Å². The van der Waals surface area contributed by atoms with Crippen LogP contribution in [0, 0.1) is 6.92 Å². The average molecular weight is 224 g/mol. The van der Waals surface area contributed by atoms with E-state index < -0.39 is 6.10 Å². The van der Waals surface area contributed by atoms with Gasteiger partial charge in [0.05, 0.1) is 11.4 Å². The van der Waals surface area contributed by atoms with E-state index in [1.165, 1.54) is 18.6 Å². The Balaban J connectivity index is 2.24. The molecule has 2 rings (SSSR count). The summed E-state index contributed by atoms with van der Waals surface area (Å²) < 4.78 is 0. The third-order valence-corrected chi connectivity index (χ3v) is 4.08. The molecule has 2 heterocycles. The van der Waals surface area contributed by atoms with Gasteiger partial charge >= 0.3 is 0 Å². The summed E-state index contributed by atoms with van der Waals surface area (Å²) in [5.74, 6) is 2.14. The molecule has 0 aromatic carbocycles. The second kappa shape index (κ2) is 4.49. The Bertz CT molecular complexity index is 348. The summed E-state index contributed by atoms with van der Waals surface area (Å²) in [5.41, 5.74) is 1.74. The van der Waals surface area contributed by atoms with Crippen LogP contribution in [-0.2, 0) is 0 Å². The van der Waals surface area contributed by atoms with Crippen LogP contribution in [0.4, 0.5) is 0 Å². The Hall–Kier alpha value is -0.610. The predicted octanol–water partition coefficient (Wildman–Crippen LogP) is 2.41. The van der Waals surface area contributed by atoms with Gasteiger partial charge in [-0.15, -0.1) is 0 Å². The molecular formula is C11H16N2OS. The number of aryl methyl sites for hydroxylation is 1. The third-order valence-electron chi connectivity index (χ3n) is 2.70. The summed E-state index contributed by atoms with van der Waals surface area (Å²) in [5, 5.41) is 9.94. The van der Waals surface area contributed by atoms with Gasteiger partial charge in [-0.3, -0.25) is 0 Å². The first-order valence-electron chi connectivity index (χ1n) is 5.31. The lowest BCUT2D eigenvalue weighted by molar-refractivity contribution is 0.197. The van der Waals surface area contributed by atoms with Crippen molar-refractivity contribution in [3.63, 3.8) is 0 Å². The maximum absolute atomic E-state index is 9.48. The van der Waals surface area contributed by atoms with Crippen LogP contribution in [0.3, 0.4) is 0 Å². The van der Waals surface area contributed by atoms with Crippen LogP contribution in [-0.4, -0.2) is 20.8 Å². The van der Waals surface area contributed by atoms with Crippen LogP contribution < -0.4 is 0 Å². The first kappa shape index (κ1) is 10.9. The van der Waals surface area contributed by atoms with E-state index in [0.29, 0.717) is 5.25 Å². The van der Waals surface area contributed by atoms with Crippen molar-refractivity contribution in [2.75, 3.05) is 5.75 Å². The van der Waals surface area contributed by atoms with Crippen LogP contribution >= 0.6 is 11.8 Å². The molecule has 1 aliphatic heterocycles. The molecule has 1 aromatic rings. The molecular weight excluding hydrogens is 208 g/mol. The van der Waals surface area contributed by atoms with Crippen LogP contribution in [0.15, 0.2) is 6.20 Å². The number of aliphatic hydroxyl groups excluding tert-OH is 1. The van der Waals surface area contributed by atoms with Crippen molar-refractivity contribution in [2.24, 2.45) is 0 Å². The molecule has 1 aliphatic rings. The zero-order valence-corrected chi connectivity index (χ0v) is 9.92. The number of hydrogen-bond acceptors (Lipinski definition) is 4. The van der Waals surface area contributed by atoms with E-state index in [9.17, 15) is 5.11 Å². The van der Waals surface area contributed by atoms with Gasteiger partial charge in [0.15, 0.2) is 0 Å². The zero-order valence-electron chi connectivity index (χ0n) is 9.10. The smallest absolute Gasteiger partial charge is 0.141 e. The minimum atomic E-state index is -0.477. The minimum absolute atomic E-state index is 0.465. The van der Waals surface area contributed by atoms with Gasteiger partial charge in [0.25, 0.3) is 0 Å². The minimum Gasteiger partial charge on any atom is -0.389 e. The van der Waals surface area contributed by atoms with Gasteiger partial charge in [0.1, 0.15) is 5.82 Å². The fourth-order valence-corrected chi connectivity index (χ4v) is 3.05. The largest absolute Gasteiger partial charge is 0.389 e. The van der Waals surface area contributed by atoms with E-state index in [4.69, 9.17) is 0 Å². The SMILES string of the molecule is Cc1nc(C2CCCS2)ncc1[C@H](C)O. The Morgan fingerprint density at radius 1 is 1.60 bits per heavy atom. The monoisotopic (exact) mass is 224 g/mol. The average Bonchev–Trinajstić information content (AvgIpc) is 2.69. The molecule has 1 aromatic heterocycles. The fraction of sp³-hybridized carbons (Fsp3) is 0.636. The maximum atomic E-state index is 9.48. The molecule has 0 saturated carbocycles. The lowest BCUT2D eigenvalue weighted by atomic mass is 10.1. The first-order chi connectivity index (χ1) is 7.18. The third kappa shape index (κ3) is 2.32. The maximum Gasteiger partial charge on any atom is 0.141 e. The van der Waals surface area contributed by atoms with E-state index in [2.05, 4.69) is 9.97 Å². The van der Waals surface area contributed by atoms with Crippen molar-refractivity contribution in [1.82, 2.24) is 9.97 Å². The van der Waals surface area contributed by atoms with Gasteiger partial charge in [-0.2, -0.15) is 11.8 Å². The summed E-state index contributed by atoms with van der Waals surface area (Å²) in [6.07, 6.45) is 3.73. The molecule has 0 amide bonds. The van der Waals surface area contributed by atoms with Gasteiger partial charge in [-0.1, -0.05) is 0 Å². The summed E-state index contributed by atoms with van der Waals surface area (Å²) in [6, 6.07) is 0. The first-order valence-corrected chi connectivity index (χ1v) is 6.36. The van der Waals surface area contributed by atoms with E-state index in [0.717, 1.165) is 17.1 Å². The number of aliphatic hydroxyl groups is 1. The Kier molecular flexibility index (Phi) is 3.26. The van der Waals surface area contributed by atoms with Gasteiger partial charge in [0.2, 0.25) is 0 Å². The lowest BCUT2D eigenvalue weighted by Gasteiger charge is -2.11. The zero-order chi connectivity index (χ0) is 10.8. The summed E-state index contributed by atoms with van der Waals surface area (Å²) in [4.78, 5) is 8.84. The lowest BCUT2D eigenvalue weighted by Crippen LogP contribution is -2.05. The van der Waals surface area contributed by atoms with Crippen molar-refractivity contribution >= 4 is 11.8 Å². The Morgan fingerprint density at radius 3 is 2.93 bits per heavy atom. The van der Waals surface area contributed by atoms with Gasteiger partial charge in [-0.05, 0) is 32.4 Å². The molecule has 4 heteroatoms. The molecule has 0 radical (unpaired) electrons.